The first-order chi connectivity index (χ1) is 6.80. The molecule has 0 fully saturated rings. The van der Waals surface area contributed by atoms with Crippen LogP contribution in [0.5, 0.6) is 0 Å². The zero-order valence-electron chi connectivity index (χ0n) is 9.79. The second-order valence-corrected chi connectivity index (χ2v) is 4.80. The van der Waals surface area contributed by atoms with Gasteiger partial charge in [0.15, 0.2) is 0 Å². The van der Waals surface area contributed by atoms with E-state index in [1.54, 1.807) is 0 Å². The SMILES string of the molecule is CC(C)NC(=O)c1noc(C(C)(C)C)n1. The molecule has 5 nitrogen and oxygen atoms in total. The highest BCUT2D eigenvalue weighted by Crippen LogP contribution is 2.19. The zero-order valence-corrected chi connectivity index (χ0v) is 9.79. The van der Waals surface area contributed by atoms with Crippen LogP contribution in [-0.4, -0.2) is 22.1 Å². The molecule has 0 aromatic carbocycles. The maximum atomic E-state index is 11.5. The Kier molecular flexibility index (Phi) is 3.12. The van der Waals surface area contributed by atoms with Crippen LogP contribution in [0, 0.1) is 0 Å². The standard InChI is InChI=1S/C10H17N3O2/c1-6(2)11-8(14)7-12-9(15-13-7)10(3,4)5/h6H,1-5H3,(H,11,14). The van der Waals surface area contributed by atoms with E-state index in [2.05, 4.69) is 15.5 Å². The maximum Gasteiger partial charge on any atom is 0.292 e. The molecule has 0 bridgehead atoms. The van der Waals surface area contributed by atoms with E-state index >= 15 is 0 Å². The molecular formula is C10H17N3O2. The smallest absolute Gasteiger partial charge is 0.292 e. The fourth-order valence-electron chi connectivity index (χ4n) is 0.947. The van der Waals surface area contributed by atoms with Crippen LogP contribution in [0.25, 0.3) is 0 Å². The molecule has 1 heterocycles. The van der Waals surface area contributed by atoms with E-state index in [4.69, 9.17) is 4.52 Å². The molecule has 0 aliphatic rings. The molecule has 1 amide bonds. The van der Waals surface area contributed by atoms with E-state index in [1.165, 1.54) is 0 Å². The van der Waals surface area contributed by atoms with Gasteiger partial charge < -0.3 is 9.84 Å². The van der Waals surface area contributed by atoms with Crippen molar-refractivity contribution in [3.8, 4) is 0 Å². The summed E-state index contributed by atoms with van der Waals surface area (Å²) < 4.78 is 5.01. The molecule has 1 N–H and O–H groups in total. The Hall–Kier alpha value is -1.39. The quantitative estimate of drug-likeness (QED) is 0.805. The van der Waals surface area contributed by atoms with E-state index in [9.17, 15) is 4.79 Å². The lowest BCUT2D eigenvalue weighted by Gasteiger charge is -2.10. The van der Waals surface area contributed by atoms with Gasteiger partial charge in [0.25, 0.3) is 11.7 Å². The molecule has 1 rings (SSSR count). The Morgan fingerprint density at radius 2 is 2.00 bits per heavy atom. The van der Waals surface area contributed by atoms with Crippen molar-refractivity contribution in [3.05, 3.63) is 11.7 Å². The third-order valence-electron chi connectivity index (χ3n) is 1.69. The summed E-state index contributed by atoms with van der Waals surface area (Å²) in [5.41, 5.74) is -0.233. The largest absolute Gasteiger partial charge is 0.347 e. The normalized spacial score (nSPS) is 11.9. The second kappa shape index (κ2) is 4.00. The third kappa shape index (κ3) is 3.04. The summed E-state index contributed by atoms with van der Waals surface area (Å²) in [5.74, 6) is 0.259. The first-order valence-corrected chi connectivity index (χ1v) is 4.96. The van der Waals surface area contributed by atoms with Crippen LogP contribution >= 0.6 is 0 Å². The van der Waals surface area contributed by atoms with Crippen molar-refractivity contribution in [2.45, 2.75) is 46.1 Å². The van der Waals surface area contributed by atoms with E-state index in [0.717, 1.165) is 0 Å². The molecule has 5 heteroatoms. The van der Waals surface area contributed by atoms with Gasteiger partial charge in [-0.05, 0) is 13.8 Å². The number of aromatic nitrogens is 2. The number of nitrogens with one attached hydrogen (secondary N) is 1. The Labute approximate surface area is 89.2 Å². The summed E-state index contributed by atoms with van der Waals surface area (Å²) in [6, 6.07) is 0.0640. The van der Waals surface area contributed by atoms with Gasteiger partial charge in [-0.25, -0.2) is 0 Å². The molecule has 0 aliphatic heterocycles. The second-order valence-electron chi connectivity index (χ2n) is 4.80. The Morgan fingerprint density at radius 1 is 1.40 bits per heavy atom. The molecule has 0 saturated carbocycles. The molecule has 84 valence electrons. The van der Waals surface area contributed by atoms with E-state index in [0.29, 0.717) is 5.89 Å². The van der Waals surface area contributed by atoms with Gasteiger partial charge >= 0.3 is 0 Å². The summed E-state index contributed by atoms with van der Waals surface area (Å²) >= 11 is 0. The lowest BCUT2D eigenvalue weighted by molar-refractivity contribution is 0.0929. The summed E-state index contributed by atoms with van der Waals surface area (Å²) in [4.78, 5) is 15.5. The Morgan fingerprint density at radius 3 is 2.40 bits per heavy atom. The summed E-state index contributed by atoms with van der Waals surface area (Å²) in [5, 5.41) is 6.34. The number of carbonyl (C=O) groups is 1. The Bertz CT molecular complexity index is 350. The predicted molar refractivity (Wildman–Crippen MR) is 55.6 cm³/mol. The number of rotatable bonds is 2. The highest BCUT2D eigenvalue weighted by molar-refractivity contribution is 5.90. The first kappa shape index (κ1) is 11.7. The number of hydrogen-bond donors (Lipinski definition) is 1. The highest BCUT2D eigenvalue weighted by Gasteiger charge is 2.24. The molecule has 0 radical (unpaired) electrons. The van der Waals surface area contributed by atoms with Crippen LogP contribution in [-0.2, 0) is 5.41 Å². The molecule has 0 unspecified atom stereocenters. The van der Waals surface area contributed by atoms with Crippen molar-refractivity contribution in [2.75, 3.05) is 0 Å². The predicted octanol–water partition coefficient (Wildman–Crippen LogP) is 1.51. The van der Waals surface area contributed by atoms with Crippen molar-refractivity contribution in [1.82, 2.24) is 15.5 Å². The van der Waals surface area contributed by atoms with Crippen molar-refractivity contribution < 1.29 is 9.32 Å². The Balaban J connectivity index is 2.81. The van der Waals surface area contributed by atoms with Gasteiger partial charge in [0.05, 0.1) is 0 Å². The van der Waals surface area contributed by atoms with Gasteiger partial charge in [0.2, 0.25) is 5.89 Å². The maximum absolute atomic E-state index is 11.5. The molecule has 0 aliphatic carbocycles. The minimum absolute atomic E-state index is 0.0640. The van der Waals surface area contributed by atoms with Crippen molar-refractivity contribution >= 4 is 5.91 Å². The molecule has 0 spiro atoms. The monoisotopic (exact) mass is 211 g/mol. The van der Waals surface area contributed by atoms with Crippen LogP contribution in [0.2, 0.25) is 0 Å². The lowest BCUT2D eigenvalue weighted by atomic mass is 9.97. The number of hydrogen-bond acceptors (Lipinski definition) is 4. The average Bonchev–Trinajstić information content (AvgIpc) is 2.48. The van der Waals surface area contributed by atoms with Crippen LogP contribution in [0.15, 0.2) is 4.52 Å². The highest BCUT2D eigenvalue weighted by atomic mass is 16.5. The minimum atomic E-state index is -0.302. The van der Waals surface area contributed by atoms with Gasteiger partial charge in [0, 0.05) is 11.5 Å². The van der Waals surface area contributed by atoms with Crippen molar-refractivity contribution in [2.24, 2.45) is 0 Å². The van der Waals surface area contributed by atoms with E-state index in [1.807, 2.05) is 34.6 Å². The average molecular weight is 211 g/mol. The molecule has 15 heavy (non-hydrogen) atoms. The zero-order chi connectivity index (χ0) is 11.6. The van der Waals surface area contributed by atoms with Gasteiger partial charge in [-0.2, -0.15) is 4.98 Å². The van der Waals surface area contributed by atoms with Crippen molar-refractivity contribution in [1.29, 1.82) is 0 Å². The number of amides is 1. The van der Waals surface area contributed by atoms with Gasteiger partial charge in [0.1, 0.15) is 0 Å². The summed E-state index contributed by atoms with van der Waals surface area (Å²) in [7, 11) is 0. The topological polar surface area (TPSA) is 68.0 Å². The summed E-state index contributed by atoms with van der Waals surface area (Å²) in [6.45, 7) is 9.60. The fourth-order valence-corrected chi connectivity index (χ4v) is 0.947. The third-order valence-corrected chi connectivity index (χ3v) is 1.69. The van der Waals surface area contributed by atoms with Crippen LogP contribution in [0.4, 0.5) is 0 Å². The van der Waals surface area contributed by atoms with Crippen LogP contribution < -0.4 is 5.32 Å². The van der Waals surface area contributed by atoms with E-state index < -0.39 is 0 Å². The van der Waals surface area contributed by atoms with Gasteiger partial charge in [-0.1, -0.05) is 25.9 Å². The molecule has 1 aromatic heterocycles. The number of carbonyl (C=O) groups excluding carboxylic acids is 1. The van der Waals surface area contributed by atoms with Crippen LogP contribution in [0.1, 0.15) is 51.1 Å². The first-order valence-electron chi connectivity index (χ1n) is 4.96. The van der Waals surface area contributed by atoms with Gasteiger partial charge in [-0.3, -0.25) is 4.79 Å². The van der Waals surface area contributed by atoms with Crippen LogP contribution in [0.3, 0.4) is 0 Å². The molecular weight excluding hydrogens is 194 g/mol. The van der Waals surface area contributed by atoms with Gasteiger partial charge in [-0.15, -0.1) is 0 Å². The van der Waals surface area contributed by atoms with Crippen molar-refractivity contribution in [3.63, 3.8) is 0 Å². The molecule has 0 saturated heterocycles. The lowest BCUT2D eigenvalue weighted by Crippen LogP contribution is -2.31. The summed E-state index contributed by atoms with van der Waals surface area (Å²) in [6.07, 6.45) is 0. The minimum Gasteiger partial charge on any atom is -0.347 e. The van der Waals surface area contributed by atoms with E-state index in [-0.39, 0.29) is 23.2 Å². The molecule has 0 atom stereocenters. The fraction of sp³-hybridized carbons (Fsp3) is 0.700. The number of nitrogens with zero attached hydrogens (tertiary/aromatic N) is 2. The molecule has 1 aromatic rings.